The highest BCUT2D eigenvalue weighted by molar-refractivity contribution is 5.78. The van der Waals surface area contributed by atoms with Gasteiger partial charge in [0.1, 0.15) is 5.78 Å². The lowest BCUT2D eigenvalue weighted by Gasteiger charge is -2.09. The minimum absolute atomic E-state index is 0.253. The first-order valence-corrected chi connectivity index (χ1v) is 5.35. The van der Waals surface area contributed by atoms with Crippen LogP contribution < -0.4 is 0 Å². The summed E-state index contributed by atoms with van der Waals surface area (Å²) < 4.78 is 0. The molecule has 0 aromatic heterocycles. The van der Waals surface area contributed by atoms with E-state index >= 15 is 0 Å². The molecule has 0 unspecified atom stereocenters. The predicted molar refractivity (Wildman–Crippen MR) is 64.7 cm³/mol. The molecule has 1 rings (SSSR count). The van der Waals surface area contributed by atoms with Crippen LogP contribution >= 0.6 is 0 Å². The highest BCUT2D eigenvalue weighted by atomic mass is 16.1. The van der Waals surface area contributed by atoms with Gasteiger partial charge < -0.3 is 4.79 Å². The molecule has 15 heavy (non-hydrogen) atoms. The molecule has 0 N–H and O–H groups in total. The Morgan fingerprint density at radius 1 is 1.27 bits per heavy atom. The summed E-state index contributed by atoms with van der Waals surface area (Å²) in [6.07, 6.45) is 3.58. The first kappa shape index (κ1) is 11.7. The van der Waals surface area contributed by atoms with Crippen LogP contribution in [0.15, 0.2) is 30.3 Å². The van der Waals surface area contributed by atoms with Crippen molar-refractivity contribution in [1.29, 1.82) is 0 Å². The normalized spacial score (nSPS) is 11.5. The van der Waals surface area contributed by atoms with Crippen LogP contribution in [-0.2, 0) is 4.79 Å². The number of hydrogen-bond acceptors (Lipinski definition) is 1. The zero-order valence-corrected chi connectivity index (χ0v) is 9.71. The molecule has 0 aliphatic rings. The minimum atomic E-state index is 0.253. The van der Waals surface area contributed by atoms with E-state index in [9.17, 15) is 4.79 Å². The number of aryl methyl sites for hydroxylation is 1. The molecular formula is C14H18O. The van der Waals surface area contributed by atoms with Crippen molar-refractivity contribution in [2.24, 2.45) is 0 Å². The SMILES string of the molecule is C/C=C(/CCC(C)=O)c1ccccc1C. The van der Waals surface area contributed by atoms with Gasteiger partial charge in [-0.1, -0.05) is 30.3 Å². The van der Waals surface area contributed by atoms with Crippen molar-refractivity contribution in [2.75, 3.05) is 0 Å². The van der Waals surface area contributed by atoms with E-state index in [0.29, 0.717) is 6.42 Å². The molecule has 1 aromatic rings. The van der Waals surface area contributed by atoms with Gasteiger partial charge in [0.05, 0.1) is 0 Å². The van der Waals surface area contributed by atoms with Crippen molar-refractivity contribution in [2.45, 2.75) is 33.6 Å². The summed E-state index contributed by atoms with van der Waals surface area (Å²) in [6, 6.07) is 8.30. The molecule has 0 saturated carbocycles. The van der Waals surface area contributed by atoms with Gasteiger partial charge in [0.25, 0.3) is 0 Å². The second kappa shape index (κ2) is 5.50. The third kappa shape index (κ3) is 3.35. The van der Waals surface area contributed by atoms with E-state index in [2.05, 4.69) is 25.1 Å². The van der Waals surface area contributed by atoms with E-state index in [-0.39, 0.29) is 5.78 Å². The monoisotopic (exact) mass is 202 g/mol. The number of ketones is 1. The number of allylic oxidation sites excluding steroid dienone is 2. The smallest absolute Gasteiger partial charge is 0.130 e. The fourth-order valence-corrected chi connectivity index (χ4v) is 1.68. The highest BCUT2D eigenvalue weighted by Gasteiger charge is 2.04. The molecule has 0 bridgehead atoms. The zero-order valence-electron chi connectivity index (χ0n) is 9.71. The number of Topliss-reactive ketones (excluding diaryl/α,β-unsaturated/α-hetero) is 1. The van der Waals surface area contributed by atoms with E-state index < -0.39 is 0 Å². The lowest BCUT2D eigenvalue weighted by molar-refractivity contribution is -0.116. The van der Waals surface area contributed by atoms with E-state index in [1.54, 1.807) is 6.92 Å². The highest BCUT2D eigenvalue weighted by Crippen LogP contribution is 2.22. The zero-order chi connectivity index (χ0) is 11.3. The molecule has 80 valence electrons. The molecule has 1 heteroatoms. The third-order valence-corrected chi connectivity index (χ3v) is 2.59. The largest absolute Gasteiger partial charge is 0.300 e. The standard InChI is InChI=1S/C14H18O/c1-4-13(10-9-12(3)15)14-8-6-5-7-11(14)2/h4-8H,9-10H2,1-3H3/b13-4-. The Bertz CT molecular complexity index is 375. The number of rotatable bonds is 4. The first-order valence-electron chi connectivity index (χ1n) is 5.35. The average molecular weight is 202 g/mol. The molecule has 0 atom stereocenters. The fourth-order valence-electron chi connectivity index (χ4n) is 1.68. The molecule has 0 saturated heterocycles. The van der Waals surface area contributed by atoms with Gasteiger partial charge in [-0.3, -0.25) is 0 Å². The van der Waals surface area contributed by atoms with Crippen LogP contribution in [0.3, 0.4) is 0 Å². The molecule has 0 spiro atoms. The summed E-state index contributed by atoms with van der Waals surface area (Å²) in [4.78, 5) is 11.0. The second-order valence-electron chi connectivity index (χ2n) is 3.83. The Morgan fingerprint density at radius 3 is 2.47 bits per heavy atom. The predicted octanol–water partition coefficient (Wildman–Crippen LogP) is 3.77. The van der Waals surface area contributed by atoms with Crippen LogP contribution in [0, 0.1) is 6.92 Å². The van der Waals surface area contributed by atoms with Crippen LogP contribution in [0.1, 0.15) is 37.8 Å². The third-order valence-electron chi connectivity index (χ3n) is 2.59. The van der Waals surface area contributed by atoms with Crippen LogP contribution in [0.4, 0.5) is 0 Å². The van der Waals surface area contributed by atoms with Gasteiger partial charge in [0, 0.05) is 6.42 Å². The quantitative estimate of drug-likeness (QED) is 0.726. The summed E-state index contributed by atoms with van der Waals surface area (Å²) in [5.41, 5.74) is 3.80. The molecule has 0 amide bonds. The molecule has 0 aliphatic heterocycles. The van der Waals surface area contributed by atoms with Crippen molar-refractivity contribution >= 4 is 11.4 Å². The van der Waals surface area contributed by atoms with E-state index in [0.717, 1.165) is 6.42 Å². The Balaban J connectivity index is 2.85. The van der Waals surface area contributed by atoms with Gasteiger partial charge in [-0.25, -0.2) is 0 Å². The Hall–Kier alpha value is -1.37. The topological polar surface area (TPSA) is 17.1 Å². The molecular weight excluding hydrogens is 184 g/mol. The van der Waals surface area contributed by atoms with Gasteiger partial charge in [-0.05, 0) is 43.9 Å². The average Bonchev–Trinajstić information content (AvgIpc) is 2.21. The Kier molecular flexibility index (Phi) is 4.29. The number of hydrogen-bond donors (Lipinski definition) is 0. The number of carbonyl (C=O) groups excluding carboxylic acids is 1. The van der Waals surface area contributed by atoms with E-state index in [1.165, 1.54) is 16.7 Å². The number of carbonyl (C=O) groups is 1. The molecule has 0 aliphatic carbocycles. The summed E-state index contributed by atoms with van der Waals surface area (Å²) in [6.45, 7) is 5.78. The number of benzene rings is 1. The second-order valence-corrected chi connectivity index (χ2v) is 3.83. The summed E-state index contributed by atoms with van der Waals surface area (Å²) in [5, 5.41) is 0. The summed E-state index contributed by atoms with van der Waals surface area (Å²) in [7, 11) is 0. The maximum atomic E-state index is 11.0. The van der Waals surface area contributed by atoms with Crippen molar-refractivity contribution in [1.82, 2.24) is 0 Å². The lowest BCUT2D eigenvalue weighted by Crippen LogP contribution is -1.93. The Labute approximate surface area is 91.8 Å². The van der Waals surface area contributed by atoms with E-state index in [1.807, 2.05) is 19.1 Å². The van der Waals surface area contributed by atoms with Crippen molar-refractivity contribution in [3.05, 3.63) is 41.5 Å². The summed E-state index contributed by atoms with van der Waals surface area (Å²) >= 11 is 0. The van der Waals surface area contributed by atoms with Gasteiger partial charge in [0.2, 0.25) is 0 Å². The fraction of sp³-hybridized carbons (Fsp3) is 0.357. The van der Waals surface area contributed by atoms with Crippen LogP contribution in [-0.4, -0.2) is 5.78 Å². The van der Waals surface area contributed by atoms with Crippen molar-refractivity contribution < 1.29 is 4.79 Å². The Morgan fingerprint density at radius 2 is 1.93 bits per heavy atom. The van der Waals surface area contributed by atoms with Crippen LogP contribution in [0.25, 0.3) is 5.57 Å². The van der Waals surface area contributed by atoms with Crippen LogP contribution in [0.5, 0.6) is 0 Å². The summed E-state index contributed by atoms with van der Waals surface area (Å²) in [5.74, 6) is 0.253. The van der Waals surface area contributed by atoms with Gasteiger partial charge in [0.15, 0.2) is 0 Å². The van der Waals surface area contributed by atoms with E-state index in [4.69, 9.17) is 0 Å². The molecule has 0 heterocycles. The molecule has 1 aromatic carbocycles. The van der Waals surface area contributed by atoms with Gasteiger partial charge in [-0.2, -0.15) is 0 Å². The maximum absolute atomic E-state index is 11.0. The molecule has 1 nitrogen and oxygen atoms in total. The first-order chi connectivity index (χ1) is 7.15. The maximum Gasteiger partial charge on any atom is 0.130 e. The lowest BCUT2D eigenvalue weighted by atomic mass is 9.96. The van der Waals surface area contributed by atoms with Crippen molar-refractivity contribution in [3.8, 4) is 0 Å². The van der Waals surface area contributed by atoms with Crippen LogP contribution in [0.2, 0.25) is 0 Å². The molecule has 0 fully saturated rings. The van der Waals surface area contributed by atoms with Crippen molar-refractivity contribution in [3.63, 3.8) is 0 Å². The molecule has 0 radical (unpaired) electrons. The van der Waals surface area contributed by atoms with Gasteiger partial charge in [-0.15, -0.1) is 0 Å². The minimum Gasteiger partial charge on any atom is -0.300 e. The van der Waals surface area contributed by atoms with Gasteiger partial charge >= 0.3 is 0 Å².